The lowest BCUT2D eigenvalue weighted by molar-refractivity contribution is 0.0214. The van der Waals surface area contributed by atoms with Crippen LogP contribution in [0.1, 0.15) is 18.1 Å². The van der Waals surface area contributed by atoms with E-state index in [9.17, 15) is 8.78 Å². The minimum absolute atomic E-state index is 0.420. The molecule has 2 nitrogen and oxygen atoms in total. The molecule has 0 aliphatic rings. The predicted octanol–water partition coefficient (Wildman–Crippen LogP) is 2.37. The first-order chi connectivity index (χ1) is 8.33. The van der Waals surface area contributed by atoms with Crippen molar-refractivity contribution >= 4 is 5.69 Å². The van der Waals surface area contributed by atoms with Gasteiger partial charge in [-0.25, -0.2) is 8.78 Å². The molecule has 98 valence electrons. The van der Waals surface area contributed by atoms with Crippen LogP contribution >= 0.6 is 0 Å². The first-order valence-corrected chi connectivity index (χ1v) is 5.75. The summed E-state index contributed by atoms with van der Waals surface area (Å²) < 4.78 is 25.5. The van der Waals surface area contributed by atoms with E-state index in [4.69, 9.17) is 12.2 Å². The van der Waals surface area contributed by atoms with Crippen LogP contribution in [0.15, 0.2) is 18.2 Å². The topological polar surface area (TPSA) is 38.0 Å². The van der Waals surface area contributed by atoms with E-state index in [1.165, 1.54) is 0 Å². The molecule has 1 rings (SSSR count). The van der Waals surface area contributed by atoms with E-state index in [1.807, 2.05) is 19.1 Å². The highest BCUT2D eigenvalue weighted by atomic mass is 19.3. The normalized spacial score (nSPS) is 13.1. The molecule has 0 saturated heterocycles. The highest BCUT2D eigenvalue weighted by Gasteiger charge is 2.22. The molecule has 0 aliphatic heterocycles. The highest BCUT2D eigenvalue weighted by Crippen LogP contribution is 2.17. The van der Waals surface area contributed by atoms with E-state index in [0.717, 1.165) is 18.1 Å². The third kappa shape index (κ3) is 4.34. The maximum Gasteiger partial charge on any atom is 0.257 e. The molecule has 0 heterocycles. The van der Waals surface area contributed by atoms with Gasteiger partial charge in [0.2, 0.25) is 0 Å². The van der Waals surface area contributed by atoms with Gasteiger partial charge in [0, 0.05) is 12.6 Å². The summed E-state index contributed by atoms with van der Waals surface area (Å²) in [5.74, 6) is -0.279. The number of nitrogen functional groups attached to an aromatic ring is 1. The minimum Gasteiger partial charge on any atom is -0.399 e. The zero-order chi connectivity index (χ0) is 13.8. The maximum atomic E-state index is 12.8. The molecule has 0 spiro atoms. The van der Waals surface area contributed by atoms with Crippen LogP contribution in [0.25, 0.3) is 0 Å². The first-order valence-electron chi connectivity index (χ1n) is 5.75. The van der Waals surface area contributed by atoms with Crippen molar-refractivity contribution in [2.45, 2.75) is 32.2 Å². The molecular formula is C14H18F2N2. The van der Waals surface area contributed by atoms with Crippen molar-refractivity contribution in [3.05, 3.63) is 29.3 Å². The zero-order valence-electron chi connectivity index (χ0n) is 10.6. The molecule has 0 aromatic heterocycles. The van der Waals surface area contributed by atoms with Gasteiger partial charge >= 0.3 is 0 Å². The molecule has 0 amide bonds. The third-order valence-electron chi connectivity index (χ3n) is 2.77. The van der Waals surface area contributed by atoms with Crippen molar-refractivity contribution in [2.75, 3.05) is 12.3 Å². The number of hydrogen-bond acceptors (Lipinski definition) is 2. The molecule has 3 N–H and O–H groups in total. The number of terminal acetylenes is 1. The highest BCUT2D eigenvalue weighted by molar-refractivity contribution is 5.50. The lowest BCUT2D eigenvalue weighted by Gasteiger charge is -2.18. The van der Waals surface area contributed by atoms with Gasteiger partial charge in [0.15, 0.2) is 0 Å². The molecule has 0 unspecified atom stereocenters. The van der Waals surface area contributed by atoms with Crippen LogP contribution < -0.4 is 11.1 Å². The van der Waals surface area contributed by atoms with Crippen LogP contribution in [-0.4, -0.2) is 18.5 Å². The Morgan fingerprint density at radius 2 is 2.17 bits per heavy atom. The van der Waals surface area contributed by atoms with E-state index in [-0.39, 0.29) is 0 Å². The second-order valence-electron chi connectivity index (χ2n) is 4.51. The van der Waals surface area contributed by atoms with E-state index in [1.54, 1.807) is 6.07 Å². The molecule has 0 fully saturated rings. The number of nitrogens with one attached hydrogen (secondary N) is 1. The maximum absolute atomic E-state index is 12.8. The number of nitrogens with two attached hydrogens (primary N) is 1. The molecule has 4 heteroatoms. The van der Waals surface area contributed by atoms with Gasteiger partial charge in [-0.05, 0) is 30.5 Å². The summed E-state index contributed by atoms with van der Waals surface area (Å²) in [7, 11) is 0. The Kier molecular flexibility index (Phi) is 4.69. The molecule has 1 aromatic rings. The molecule has 0 bridgehead atoms. The van der Waals surface area contributed by atoms with Crippen LogP contribution in [0.4, 0.5) is 14.5 Å². The first kappa shape index (κ1) is 14.5. The average Bonchev–Trinajstić information content (AvgIpc) is 2.28. The van der Waals surface area contributed by atoms with E-state index < -0.39 is 18.5 Å². The molecule has 0 radical (unpaired) electrons. The van der Waals surface area contributed by atoms with Crippen LogP contribution in [0, 0.1) is 19.3 Å². The van der Waals surface area contributed by atoms with Gasteiger partial charge < -0.3 is 5.73 Å². The van der Waals surface area contributed by atoms with Crippen molar-refractivity contribution < 1.29 is 8.78 Å². The number of alkyl halides is 2. The minimum atomic E-state index is -2.76. The van der Waals surface area contributed by atoms with Crippen molar-refractivity contribution in [3.63, 3.8) is 0 Å². The summed E-state index contributed by atoms with van der Waals surface area (Å²) in [6.45, 7) is 2.33. The Balaban J connectivity index is 2.69. The van der Waals surface area contributed by atoms with E-state index >= 15 is 0 Å². The monoisotopic (exact) mass is 252 g/mol. The SMILES string of the molecule is C#C[C@H](Cc1cccc(N)c1C)NCC(C)(F)F. The fourth-order valence-electron chi connectivity index (χ4n) is 1.64. The number of anilines is 1. The van der Waals surface area contributed by atoms with Crippen LogP contribution in [-0.2, 0) is 6.42 Å². The van der Waals surface area contributed by atoms with Gasteiger partial charge in [0.25, 0.3) is 5.92 Å². The predicted molar refractivity (Wildman–Crippen MR) is 70.5 cm³/mol. The van der Waals surface area contributed by atoms with E-state index in [0.29, 0.717) is 12.1 Å². The Morgan fingerprint density at radius 3 is 2.72 bits per heavy atom. The summed E-state index contributed by atoms with van der Waals surface area (Å²) in [6, 6.07) is 5.12. The summed E-state index contributed by atoms with van der Waals surface area (Å²) in [5, 5.41) is 2.68. The zero-order valence-corrected chi connectivity index (χ0v) is 10.6. The summed E-state index contributed by atoms with van der Waals surface area (Å²) in [6.07, 6.45) is 5.84. The van der Waals surface area contributed by atoms with Crippen molar-refractivity contribution in [2.24, 2.45) is 0 Å². The number of halogens is 2. The summed E-state index contributed by atoms with van der Waals surface area (Å²) in [5.41, 5.74) is 8.40. The number of hydrogen-bond donors (Lipinski definition) is 2. The fourth-order valence-corrected chi connectivity index (χ4v) is 1.64. The van der Waals surface area contributed by atoms with Crippen LogP contribution in [0.5, 0.6) is 0 Å². The van der Waals surface area contributed by atoms with Crippen LogP contribution in [0.3, 0.4) is 0 Å². The average molecular weight is 252 g/mol. The fraction of sp³-hybridized carbons (Fsp3) is 0.429. The summed E-state index contributed by atoms with van der Waals surface area (Å²) >= 11 is 0. The second-order valence-corrected chi connectivity index (χ2v) is 4.51. The van der Waals surface area contributed by atoms with E-state index in [2.05, 4.69) is 11.2 Å². The van der Waals surface area contributed by atoms with Gasteiger partial charge in [0.1, 0.15) is 0 Å². The van der Waals surface area contributed by atoms with Gasteiger partial charge in [-0.15, -0.1) is 6.42 Å². The van der Waals surface area contributed by atoms with Gasteiger partial charge in [0.05, 0.1) is 12.6 Å². The Hall–Kier alpha value is -1.60. The molecule has 1 aromatic carbocycles. The molecule has 0 aliphatic carbocycles. The molecular weight excluding hydrogens is 234 g/mol. The smallest absolute Gasteiger partial charge is 0.257 e. The van der Waals surface area contributed by atoms with Crippen molar-refractivity contribution in [3.8, 4) is 12.3 Å². The van der Waals surface area contributed by atoms with Gasteiger partial charge in [-0.1, -0.05) is 18.1 Å². The van der Waals surface area contributed by atoms with Crippen molar-refractivity contribution in [1.82, 2.24) is 5.32 Å². The summed E-state index contributed by atoms with van der Waals surface area (Å²) in [4.78, 5) is 0. The number of benzene rings is 1. The Labute approximate surface area is 107 Å². The molecule has 18 heavy (non-hydrogen) atoms. The van der Waals surface area contributed by atoms with Crippen LogP contribution in [0.2, 0.25) is 0 Å². The molecule has 1 atom stereocenters. The van der Waals surface area contributed by atoms with Gasteiger partial charge in [-0.2, -0.15) is 0 Å². The lowest BCUT2D eigenvalue weighted by Crippen LogP contribution is -2.38. The lowest BCUT2D eigenvalue weighted by atomic mass is 10.00. The molecule has 0 saturated carbocycles. The van der Waals surface area contributed by atoms with Gasteiger partial charge in [-0.3, -0.25) is 5.32 Å². The quantitative estimate of drug-likeness (QED) is 0.623. The Bertz CT molecular complexity index is 444. The second kappa shape index (κ2) is 5.83. The third-order valence-corrected chi connectivity index (χ3v) is 2.77. The largest absolute Gasteiger partial charge is 0.399 e. The number of rotatable bonds is 5. The Morgan fingerprint density at radius 1 is 1.50 bits per heavy atom. The standard InChI is InChI=1S/C14H18F2N2/c1-4-12(18-9-14(3,15)16)8-11-6-5-7-13(17)10(11)2/h1,5-7,12,18H,8-9,17H2,2-3H3/t12-/m1/s1. The van der Waals surface area contributed by atoms with Crippen molar-refractivity contribution in [1.29, 1.82) is 0 Å².